The lowest BCUT2D eigenvalue weighted by molar-refractivity contribution is 0.282. The normalized spacial score (nSPS) is 17.5. The van der Waals surface area contributed by atoms with Gasteiger partial charge in [-0.25, -0.2) is 0 Å². The minimum Gasteiger partial charge on any atom is -0.292 e. The average Bonchev–Trinajstić information content (AvgIpc) is 2.81. The summed E-state index contributed by atoms with van der Waals surface area (Å²) in [5.74, 6) is 0. The number of rotatable bonds is 4. The third-order valence-electron chi connectivity index (χ3n) is 3.23. The number of benzene rings is 1. The Hall–Kier alpha value is -0.820. The van der Waals surface area contributed by atoms with Gasteiger partial charge in [0.25, 0.3) is 0 Å². The third kappa shape index (κ3) is 2.82. The smallest absolute Gasteiger partial charge is 0.0396 e. The van der Waals surface area contributed by atoms with Crippen LogP contribution in [0, 0.1) is 6.04 Å². The lowest BCUT2D eigenvalue weighted by Gasteiger charge is -2.26. The van der Waals surface area contributed by atoms with Gasteiger partial charge >= 0.3 is 0 Å². The summed E-state index contributed by atoms with van der Waals surface area (Å²) in [6.07, 6.45) is 5.42. The monoisotopic (exact) mass is 202 g/mol. The lowest BCUT2D eigenvalue weighted by atomic mass is 10.1. The van der Waals surface area contributed by atoms with Gasteiger partial charge in [-0.2, -0.15) is 0 Å². The number of hydrogen-bond donors (Lipinski definition) is 0. The van der Waals surface area contributed by atoms with Crippen LogP contribution in [0.5, 0.6) is 0 Å². The predicted octanol–water partition coefficient (Wildman–Crippen LogP) is 3.61. The maximum Gasteiger partial charge on any atom is 0.0396 e. The summed E-state index contributed by atoms with van der Waals surface area (Å²) in [6.45, 7) is 4.49. The van der Waals surface area contributed by atoms with Gasteiger partial charge in [-0.05, 0) is 24.9 Å². The highest BCUT2D eigenvalue weighted by Crippen LogP contribution is 2.30. The second kappa shape index (κ2) is 5.32. The predicted molar refractivity (Wildman–Crippen MR) is 64.2 cm³/mol. The van der Waals surface area contributed by atoms with Crippen molar-refractivity contribution in [3.05, 3.63) is 41.9 Å². The van der Waals surface area contributed by atoms with Crippen molar-refractivity contribution in [3.8, 4) is 0 Å². The molecule has 1 saturated carbocycles. The largest absolute Gasteiger partial charge is 0.292 e. The summed E-state index contributed by atoms with van der Waals surface area (Å²) in [5.41, 5.74) is 1.43. The van der Waals surface area contributed by atoms with Crippen LogP contribution in [0.2, 0.25) is 0 Å². The molecule has 1 fully saturated rings. The average molecular weight is 202 g/mol. The molecule has 0 atom stereocenters. The minimum absolute atomic E-state index is 1.09. The van der Waals surface area contributed by atoms with Crippen LogP contribution in [0.4, 0.5) is 0 Å². The van der Waals surface area contributed by atoms with Crippen molar-refractivity contribution < 1.29 is 0 Å². The molecular formula is C14H20N. The third-order valence-corrected chi connectivity index (χ3v) is 3.23. The quantitative estimate of drug-likeness (QED) is 0.721. The van der Waals surface area contributed by atoms with E-state index in [0.29, 0.717) is 0 Å². The zero-order valence-electron chi connectivity index (χ0n) is 9.58. The van der Waals surface area contributed by atoms with Gasteiger partial charge in [0.1, 0.15) is 0 Å². The van der Waals surface area contributed by atoms with Crippen LogP contribution >= 0.6 is 0 Å². The van der Waals surface area contributed by atoms with E-state index in [1.54, 1.807) is 6.04 Å². The molecule has 0 aliphatic heterocycles. The van der Waals surface area contributed by atoms with Gasteiger partial charge in [0, 0.05) is 12.6 Å². The second-order valence-corrected chi connectivity index (χ2v) is 4.27. The molecule has 81 valence electrons. The molecule has 0 aromatic heterocycles. The minimum atomic E-state index is 1.09. The van der Waals surface area contributed by atoms with Crippen molar-refractivity contribution in [2.24, 2.45) is 0 Å². The molecule has 1 aliphatic carbocycles. The molecule has 1 heteroatoms. The molecule has 0 N–H and O–H groups in total. The highest BCUT2D eigenvalue weighted by molar-refractivity contribution is 5.15. The first-order chi connectivity index (χ1) is 7.40. The fraction of sp³-hybridized carbons (Fsp3) is 0.500. The van der Waals surface area contributed by atoms with Crippen molar-refractivity contribution in [2.45, 2.75) is 39.2 Å². The first kappa shape index (κ1) is 10.7. The van der Waals surface area contributed by atoms with Crippen molar-refractivity contribution in [2.75, 3.05) is 6.54 Å². The molecule has 0 heterocycles. The standard InChI is InChI=1S/C14H20N/c1-2-15(14-10-6-7-11-14)12-13-8-4-3-5-9-13/h3-5,8-9H,2,6-7,10-12H2,1H3. The molecule has 1 aromatic rings. The maximum atomic E-state index is 2.54. The molecule has 0 saturated heterocycles. The Morgan fingerprint density at radius 3 is 2.33 bits per heavy atom. The number of hydrogen-bond acceptors (Lipinski definition) is 1. The summed E-state index contributed by atoms with van der Waals surface area (Å²) in [4.78, 5) is 2.54. The first-order valence-electron chi connectivity index (χ1n) is 6.03. The van der Waals surface area contributed by atoms with Gasteiger partial charge in [0.05, 0.1) is 0 Å². The summed E-state index contributed by atoms with van der Waals surface area (Å²) in [7, 11) is 0. The van der Waals surface area contributed by atoms with Gasteiger partial charge in [-0.1, -0.05) is 50.1 Å². The van der Waals surface area contributed by atoms with E-state index in [2.05, 4.69) is 42.2 Å². The molecule has 1 nitrogen and oxygen atoms in total. The SMILES string of the molecule is CCN(Cc1ccccc1)[C]1CCCC1. The zero-order valence-corrected chi connectivity index (χ0v) is 9.58. The van der Waals surface area contributed by atoms with Crippen LogP contribution in [0.3, 0.4) is 0 Å². The fourth-order valence-corrected chi connectivity index (χ4v) is 2.35. The van der Waals surface area contributed by atoms with Crippen LogP contribution < -0.4 is 0 Å². The molecule has 0 unspecified atom stereocenters. The van der Waals surface area contributed by atoms with E-state index >= 15 is 0 Å². The molecule has 0 amide bonds. The maximum absolute atomic E-state index is 2.54. The van der Waals surface area contributed by atoms with Crippen LogP contribution in [0.1, 0.15) is 38.2 Å². The Kier molecular flexibility index (Phi) is 3.79. The van der Waals surface area contributed by atoms with Crippen LogP contribution in [-0.4, -0.2) is 11.4 Å². The summed E-state index contributed by atoms with van der Waals surface area (Å²) >= 11 is 0. The first-order valence-corrected chi connectivity index (χ1v) is 6.03. The summed E-state index contributed by atoms with van der Waals surface area (Å²) < 4.78 is 0. The summed E-state index contributed by atoms with van der Waals surface area (Å²) in [5, 5.41) is 0. The van der Waals surface area contributed by atoms with Crippen molar-refractivity contribution >= 4 is 0 Å². The molecule has 15 heavy (non-hydrogen) atoms. The molecule has 1 aromatic carbocycles. The highest BCUT2D eigenvalue weighted by atomic mass is 15.1. The van der Waals surface area contributed by atoms with Crippen molar-refractivity contribution in [1.29, 1.82) is 0 Å². The van der Waals surface area contributed by atoms with E-state index in [0.717, 1.165) is 13.1 Å². The molecule has 0 bridgehead atoms. The van der Waals surface area contributed by atoms with Crippen molar-refractivity contribution in [1.82, 2.24) is 4.90 Å². The van der Waals surface area contributed by atoms with Crippen molar-refractivity contribution in [3.63, 3.8) is 0 Å². The van der Waals surface area contributed by atoms with Crippen LogP contribution in [-0.2, 0) is 6.54 Å². The van der Waals surface area contributed by atoms with E-state index in [1.807, 2.05) is 0 Å². The Morgan fingerprint density at radius 2 is 1.73 bits per heavy atom. The summed E-state index contributed by atoms with van der Waals surface area (Å²) in [6, 6.07) is 12.4. The molecule has 1 radical (unpaired) electrons. The van der Waals surface area contributed by atoms with Crippen LogP contribution in [0.25, 0.3) is 0 Å². The Labute approximate surface area is 93.1 Å². The van der Waals surface area contributed by atoms with Gasteiger partial charge < -0.3 is 0 Å². The highest BCUT2D eigenvalue weighted by Gasteiger charge is 2.21. The van der Waals surface area contributed by atoms with E-state index in [9.17, 15) is 0 Å². The Balaban J connectivity index is 1.96. The van der Waals surface area contributed by atoms with Gasteiger partial charge in [-0.15, -0.1) is 0 Å². The van der Waals surface area contributed by atoms with E-state index in [1.165, 1.54) is 31.2 Å². The zero-order chi connectivity index (χ0) is 10.5. The molecule has 0 spiro atoms. The van der Waals surface area contributed by atoms with Gasteiger partial charge in [-0.3, -0.25) is 4.90 Å². The second-order valence-electron chi connectivity index (χ2n) is 4.27. The molecule has 2 rings (SSSR count). The Morgan fingerprint density at radius 1 is 1.07 bits per heavy atom. The fourth-order valence-electron chi connectivity index (χ4n) is 2.35. The van der Waals surface area contributed by atoms with E-state index < -0.39 is 0 Å². The lowest BCUT2D eigenvalue weighted by Crippen LogP contribution is -2.26. The van der Waals surface area contributed by atoms with E-state index in [4.69, 9.17) is 0 Å². The number of nitrogens with zero attached hydrogens (tertiary/aromatic N) is 1. The Bertz CT molecular complexity index is 275. The molecular weight excluding hydrogens is 182 g/mol. The van der Waals surface area contributed by atoms with Crippen LogP contribution in [0.15, 0.2) is 30.3 Å². The van der Waals surface area contributed by atoms with Gasteiger partial charge in [0.2, 0.25) is 0 Å². The van der Waals surface area contributed by atoms with E-state index in [-0.39, 0.29) is 0 Å². The van der Waals surface area contributed by atoms with Gasteiger partial charge in [0.15, 0.2) is 0 Å². The topological polar surface area (TPSA) is 3.24 Å². The molecule has 1 aliphatic rings.